The predicted octanol–water partition coefficient (Wildman–Crippen LogP) is 2.25. The van der Waals surface area contributed by atoms with Crippen LogP contribution in [-0.2, 0) is 0 Å². The lowest BCUT2D eigenvalue weighted by Gasteiger charge is -2.36. The number of aliphatic hydroxyl groups is 1. The Morgan fingerprint density at radius 1 is 1.39 bits per heavy atom. The van der Waals surface area contributed by atoms with Crippen molar-refractivity contribution in [1.82, 2.24) is 10.2 Å². The molecule has 1 fully saturated rings. The summed E-state index contributed by atoms with van der Waals surface area (Å²) < 4.78 is 0. The average Bonchev–Trinajstić information content (AvgIpc) is 2.43. The van der Waals surface area contributed by atoms with E-state index in [4.69, 9.17) is 0 Å². The van der Waals surface area contributed by atoms with Crippen LogP contribution in [0.2, 0.25) is 0 Å². The van der Waals surface area contributed by atoms with Crippen molar-refractivity contribution < 1.29 is 5.11 Å². The Bertz CT molecular complexity index is 223. The van der Waals surface area contributed by atoms with Gasteiger partial charge in [0.15, 0.2) is 0 Å². The fraction of sp³-hybridized carbons (Fsp3) is 1.00. The molecule has 1 saturated heterocycles. The Morgan fingerprint density at radius 2 is 2.17 bits per heavy atom. The lowest BCUT2D eigenvalue weighted by atomic mass is 9.93. The largest absolute Gasteiger partial charge is 0.394 e. The fourth-order valence-corrected chi connectivity index (χ4v) is 2.74. The summed E-state index contributed by atoms with van der Waals surface area (Å²) in [6.45, 7) is 11.5. The monoisotopic (exact) mass is 256 g/mol. The van der Waals surface area contributed by atoms with Gasteiger partial charge >= 0.3 is 0 Å². The van der Waals surface area contributed by atoms with Gasteiger partial charge in [0.2, 0.25) is 0 Å². The zero-order valence-electron chi connectivity index (χ0n) is 12.5. The molecule has 2 atom stereocenters. The molecule has 2 unspecified atom stereocenters. The van der Waals surface area contributed by atoms with E-state index in [1.807, 2.05) is 0 Å². The number of nitrogens with one attached hydrogen (secondary N) is 1. The molecule has 1 rings (SSSR count). The van der Waals surface area contributed by atoms with Crippen LogP contribution in [0.1, 0.15) is 52.9 Å². The Balaban J connectivity index is 2.32. The van der Waals surface area contributed by atoms with Gasteiger partial charge in [-0.1, -0.05) is 20.3 Å². The SMILES string of the molecule is CCCNC(C)(CO)CCN1CCCC(CC)C1. The van der Waals surface area contributed by atoms with E-state index in [9.17, 15) is 5.11 Å². The molecule has 18 heavy (non-hydrogen) atoms. The van der Waals surface area contributed by atoms with E-state index in [2.05, 4.69) is 31.0 Å². The highest BCUT2D eigenvalue weighted by Crippen LogP contribution is 2.20. The van der Waals surface area contributed by atoms with E-state index in [0.717, 1.165) is 31.8 Å². The lowest BCUT2D eigenvalue weighted by Crippen LogP contribution is -2.49. The molecule has 1 heterocycles. The summed E-state index contributed by atoms with van der Waals surface area (Å²) in [7, 11) is 0. The molecular formula is C15H32N2O. The third-order valence-corrected chi connectivity index (χ3v) is 4.31. The molecule has 0 spiro atoms. The molecule has 1 aliphatic heterocycles. The van der Waals surface area contributed by atoms with E-state index in [-0.39, 0.29) is 12.1 Å². The third kappa shape index (κ3) is 5.25. The van der Waals surface area contributed by atoms with Crippen LogP contribution < -0.4 is 5.32 Å². The van der Waals surface area contributed by atoms with Crippen LogP contribution in [0.4, 0.5) is 0 Å². The molecule has 0 aromatic carbocycles. The first-order valence-corrected chi connectivity index (χ1v) is 7.71. The highest BCUT2D eigenvalue weighted by molar-refractivity contribution is 4.84. The number of rotatable bonds is 8. The zero-order chi connectivity index (χ0) is 13.4. The van der Waals surface area contributed by atoms with Crippen molar-refractivity contribution >= 4 is 0 Å². The maximum atomic E-state index is 9.56. The maximum absolute atomic E-state index is 9.56. The van der Waals surface area contributed by atoms with Crippen molar-refractivity contribution in [3.8, 4) is 0 Å². The Hall–Kier alpha value is -0.120. The van der Waals surface area contributed by atoms with Gasteiger partial charge in [-0.25, -0.2) is 0 Å². The van der Waals surface area contributed by atoms with Crippen molar-refractivity contribution in [2.75, 3.05) is 32.8 Å². The molecule has 0 aromatic rings. The summed E-state index contributed by atoms with van der Waals surface area (Å²) in [4.78, 5) is 2.58. The van der Waals surface area contributed by atoms with Crippen molar-refractivity contribution in [2.24, 2.45) is 5.92 Å². The molecule has 3 heteroatoms. The smallest absolute Gasteiger partial charge is 0.0611 e. The second-order valence-electron chi connectivity index (χ2n) is 6.11. The van der Waals surface area contributed by atoms with E-state index in [1.165, 1.54) is 32.4 Å². The van der Waals surface area contributed by atoms with Crippen molar-refractivity contribution in [2.45, 2.75) is 58.4 Å². The molecule has 0 bridgehead atoms. The number of piperidine rings is 1. The highest BCUT2D eigenvalue weighted by Gasteiger charge is 2.25. The number of aliphatic hydroxyl groups excluding tert-OH is 1. The normalized spacial score (nSPS) is 25.0. The molecule has 3 nitrogen and oxygen atoms in total. The van der Waals surface area contributed by atoms with Gasteiger partial charge in [-0.15, -0.1) is 0 Å². The summed E-state index contributed by atoms with van der Waals surface area (Å²) >= 11 is 0. The maximum Gasteiger partial charge on any atom is 0.0611 e. The summed E-state index contributed by atoms with van der Waals surface area (Å²) in [5, 5.41) is 13.0. The molecule has 1 aliphatic rings. The number of nitrogens with zero attached hydrogens (tertiary/aromatic N) is 1. The van der Waals surface area contributed by atoms with E-state index in [0.29, 0.717) is 0 Å². The van der Waals surface area contributed by atoms with Crippen molar-refractivity contribution in [3.63, 3.8) is 0 Å². The molecule has 2 N–H and O–H groups in total. The molecule has 0 aromatic heterocycles. The summed E-state index contributed by atoms with van der Waals surface area (Å²) in [6.07, 6.45) is 6.22. The molecule has 0 amide bonds. The first kappa shape index (κ1) is 15.9. The van der Waals surface area contributed by atoms with Gasteiger partial charge in [0.25, 0.3) is 0 Å². The quantitative estimate of drug-likeness (QED) is 0.699. The first-order valence-electron chi connectivity index (χ1n) is 7.71. The fourth-order valence-electron chi connectivity index (χ4n) is 2.74. The van der Waals surface area contributed by atoms with Gasteiger partial charge in [0.05, 0.1) is 6.61 Å². The second-order valence-corrected chi connectivity index (χ2v) is 6.11. The summed E-state index contributed by atoms with van der Waals surface area (Å²) in [5.41, 5.74) is -0.102. The van der Waals surface area contributed by atoms with Crippen molar-refractivity contribution in [1.29, 1.82) is 0 Å². The van der Waals surface area contributed by atoms with Crippen LogP contribution in [0, 0.1) is 5.92 Å². The lowest BCUT2D eigenvalue weighted by molar-refractivity contribution is 0.122. The standard InChI is InChI=1S/C15H32N2O/c1-4-9-16-15(3,13-18)8-11-17-10-6-7-14(5-2)12-17/h14,16,18H,4-13H2,1-3H3. The van der Waals surface area contributed by atoms with Gasteiger partial charge in [-0.2, -0.15) is 0 Å². The predicted molar refractivity (Wildman–Crippen MR) is 77.9 cm³/mol. The van der Waals surface area contributed by atoms with Crippen LogP contribution in [0.3, 0.4) is 0 Å². The molecule has 0 radical (unpaired) electrons. The molecular weight excluding hydrogens is 224 g/mol. The minimum absolute atomic E-state index is 0.102. The van der Waals surface area contributed by atoms with Crippen molar-refractivity contribution in [3.05, 3.63) is 0 Å². The van der Waals surface area contributed by atoms with Crippen LogP contribution in [0.5, 0.6) is 0 Å². The highest BCUT2D eigenvalue weighted by atomic mass is 16.3. The number of hydrogen-bond donors (Lipinski definition) is 2. The third-order valence-electron chi connectivity index (χ3n) is 4.31. The van der Waals surface area contributed by atoms with Crippen LogP contribution in [0.25, 0.3) is 0 Å². The van der Waals surface area contributed by atoms with Crippen LogP contribution >= 0.6 is 0 Å². The molecule has 0 aliphatic carbocycles. The minimum Gasteiger partial charge on any atom is -0.394 e. The topological polar surface area (TPSA) is 35.5 Å². The number of likely N-dealkylation sites (tertiary alicyclic amines) is 1. The van der Waals surface area contributed by atoms with E-state index < -0.39 is 0 Å². The van der Waals surface area contributed by atoms with Gasteiger partial charge in [-0.05, 0) is 58.2 Å². The second kappa shape index (κ2) is 8.13. The van der Waals surface area contributed by atoms with Gasteiger partial charge in [0.1, 0.15) is 0 Å². The number of hydrogen-bond acceptors (Lipinski definition) is 3. The van der Waals surface area contributed by atoms with Crippen LogP contribution in [0.15, 0.2) is 0 Å². The summed E-state index contributed by atoms with van der Waals surface area (Å²) in [5.74, 6) is 0.891. The van der Waals surface area contributed by atoms with Crippen LogP contribution in [-0.4, -0.2) is 48.3 Å². The minimum atomic E-state index is -0.102. The van der Waals surface area contributed by atoms with Gasteiger partial charge in [-0.3, -0.25) is 0 Å². The Morgan fingerprint density at radius 3 is 2.78 bits per heavy atom. The molecule has 0 saturated carbocycles. The van der Waals surface area contributed by atoms with E-state index >= 15 is 0 Å². The summed E-state index contributed by atoms with van der Waals surface area (Å²) in [6, 6.07) is 0. The van der Waals surface area contributed by atoms with Gasteiger partial charge in [0, 0.05) is 12.1 Å². The first-order chi connectivity index (χ1) is 8.63. The Kier molecular flexibility index (Phi) is 7.20. The Labute approximate surface area is 113 Å². The zero-order valence-corrected chi connectivity index (χ0v) is 12.5. The molecule has 108 valence electrons. The average molecular weight is 256 g/mol. The van der Waals surface area contributed by atoms with Gasteiger partial charge < -0.3 is 15.3 Å². The van der Waals surface area contributed by atoms with E-state index in [1.54, 1.807) is 0 Å².